The number of carbonyl (C=O) groups excluding carboxylic acids is 4. The molecule has 0 amide bonds. The molecule has 3 aliphatic rings. The molecule has 3 fully saturated rings. The molecule has 7 unspecified atom stereocenters. The zero-order valence-electron chi connectivity index (χ0n) is 27.2. The Morgan fingerprint density at radius 1 is 0.812 bits per heavy atom. The van der Waals surface area contributed by atoms with E-state index in [-0.39, 0.29) is 40.8 Å². The van der Waals surface area contributed by atoms with E-state index in [0.717, 1.165) is 0 Å². The van der Waals surface area contributed by atoms with Crippen molar-refractivity contribution in [3.8, 4) is 5.75 Å². The normalized spacial score (nSPS) is 31.8. The Kier molecular flexibility index (Phi) is 7.87. The number of ether oxygens (including phenoxy) is 4. The second-order valence-electron chi connectivity index (χ2n) is 13.6. The molecule has 2 aliphatic carbocycles. The van der Waals surface area contributed by atoms with Gasteiger partial charge in [0.25, 0.3) is 0 Å². The zero-order chi connectivity index (χ0) is 34.8. The first-order chi connectivity index (χ1) is 22.5. The van der Waals surface area contributed by atoms with Gasteiger partial charge in [0.2, 0.25) is 5.56 Å². The zero-order valence-corrected chi connectivity index (χ0v) is 27.2. The summed E-state index contributed by atoms with van der Waals surface area (Å²) < 4.78 is 26.5. The summed E-state index contributed by atoms with van der Waals surface area (Å²) >= 11 is 0. The standard InChI is InChI=1S/C36H37NO11/c1-33(2)26-27(45-31(42)21-15-16-25(40)37(5)19-21)29(47-32(43)22-13-9-10-14-23(22)38)35(4)24(39)17-18-34(3,44)36(35,48-33)28(26)46-30(41)20-11-7-6-8-12-20/h6-16,19,26-29,38,44H,17-18H2,1-5H3. The van der Waals surface area contributed by atoms with Gasteiger partial charge in [-0.25, -0.2) is 14.4 Å². The van der Waals surface area contributed by atoms with Gasteiger partial charge in [-0.1, -0.05) is 30.3 Å². The Morgan fingerprint density at radius 3 is 2.10 bits per heavy atom. The molecule has 1 aliphatic heterocycles. The Hall–Kier alpha value is -4.81. The van der Waals surface area contributed by atoms with Crippen LogP contribution in [0.4, 0.5) is 0 Å². The van der Waals surface area contributed by atoms with Crippen molar-refractivity contribution in [3.63, 3.8) is 0 Å². The molecule has 2 aromatic carbocycles. The Labute approximate surface area is 276 Å². The average Bonchev–Trinajstić information content (AvgIpc) is 3.25. The predicted octanol–water partition coefficient (Wildman–Crippen LogP) is 3.37. The van der Waals surface area contributed by atoms with Crippen molar-refractivity contribution in [2.45, 2.75) is 75.7 Å². The largest absolute Gasteiger partial charge is 0.507 e. The molecular weight excluding hydrogens is 622 g/mol. The third-order valence-corrected chi connectivity index (χ3v) is 10.3. The second-order valence-corrected chi connectivity index (χ2v) is 13.6. The monoisotopic (exact) mass is 659 g/mol. The Morgan fingerprint density at radius 2 is 1.44 bits per heavy atom. The van der Waals surface area contributed by atoms with Crippen molar-refractivity contribution >= 4 is 23.7 Å². The number of aromatic hydroxyl groups is 1. The number of Topliss-reactive ketones (excluding diaryl/α,β-unsaturated/α-hetero) is 1. The van der Waals surface area contributed by atoms with Crippen molar-refractivity contribution in [2.75, 3.05) is 0 Å². The van der Waals surface area contributed by atoms with Crippen LogP contribution in [0.2, 0.25) is 0 Å². The van der Waals surface area contributed by atoms with E-state index < -0.39 is 70.1 Å². The van der Waals surface area contributed by atoms with Crippen LogP contribution in [0.1, 0.15) is 71.6 Å². The first-order valence-electron chi connectivity index (χ1n) is 15.6. The van der Waals surface area contributed by atoms with Crippen molar-refractivity contribution in [1.82, 2.24) is 4.57 Å². The molecule has 3 aromatic rings. The maximum atomic E-state index is 14.4. The van der Waals surface area contributed by atoms with Gasteiger partial charge < -0.3 is 33.7 Å². The molecule has 12 heteroatoms. The summed E-state index contributed by atoms with van der Waals surface area (Å²) in [6.45, 7) is 6.26. The lowest BCUT2D eigenvalue weighted by Gasteiger charge is -2.62. The molecule has 1 aromatic heterocycles. The van der Waals surface area contributed by atoms with E-state index >= 15 is 0 Å². The topological polar surface area (TPSA) is 168 Å². The van der Waals surface area contributed by atoms with Crippen LogP contribution in [0.5, 0.6) is 5.75 Å². The van der Waals surface area contributed by atoms with Gasteiger partial charge >= 0.3 is 17.9 Å². The predicted molar refractivity (Wildman–Crippen MR) is 168 cm³/mol. The minimum atomic E-state index is -1.99. The lowest BCUT2D eigenvalue weighted by molar-refractivity contribution is -0.295. The van der Waals surface area contributed by atoms with Gasteiger partial charge in [-0.15, -0.1) is 0 Å². The van der Waals surface area contributed by atoms with Crippen LogP contribution in [-0.4, -0.2) is 73.6 Å². The van der Waals surface area contributed by atoms with Crippen LogP contribution >= 0.6 is 0 Å². The van der Waals surface area contributed by atoms with Gasteiger partial charge in [-0.2, -0.15) is 0 Å². The molecule has 12 nitrogen and oxygen atoms in total. The molecule has 252 valence electrons. The fourth-order valence-electron chi connectivity index (χ4n) is 7.97. The molecule has 2 bridgehead atoms. The summed E-state index contributed by atoms with van der Waals surface area (Å²) in [4.78, 5) is 67.8. The van der Waals surface area contributed by atoms with Crippen molar-refractivity contribution in [2.24, 2.45) is 18.4 Å². The second kappa shape index (κ2) is 11.4. The van der Waals surface area contributed by atoms with E-state index in [2.05, 4.69) is 0 Å². The highest BCUT2D eigenvalue weighted by molar-refractivity contribution is 5.95. The number of para-hydroxylation sites is 1. The molecule has 1 spiro atoms. The van der Waals surface area contributed by atoms with E-state index in [1.54, 1.807) is 44.2 Å². The lowest BCUT2D eigenvalue weighted by Crippen LogP contribution is -2.80. The summed E-state index contributed by atoms with van der Waals surface area (Å²) in [5, 5.41) is 22.7. The molecule has 2 N–H and O–H groups in total. The first-order valence-corrected chi connectivity index (χ1v) is 15.6. The van der Waals surface area contributed by atoms with Gasteiger partial charge in [-0.05, 0) is 64.4 Å². The van der Waals surface area contributed by atoms with Crippen LogP contribution < -0.4 is 5.56 Å². The number of pyridine rings is 1. The summed E-state index contributed by atoms with van der Waals surface area (Å²) in [5.74, 6) is -4.67. The number of hydrogen-bond acceptors (Lipinski definition) is 11. The summed E-state index contributed by atoms with van der Waals surface area (Å²) in [7, 11) is 1.46. The summed E-state index contributed by atoms with van der Waals surface area (Å²) in [6, 6.07) is 16.3. The van der Waals surface area contributed by atoms with Crippen molar-refractivity contribution in [1.29, 1.82) is 0 Å². The van der Waals surface area contributed by atoms with Crippen LogP contribution in [0.25, 0.3) is 0 Å². The number of fused-ring (bicyclic) bond motifs is 1. The molecule has 1 saturated heterocycles. The SMILES string of the molecule is Cn1cc(C(=O)OC2C3C(OC(=O)c4ccccc4)C4(OC3(C)C)C(C)(O)CCC(=O)C4(C)C2OC(=O)c2ccccc2O)ccc1=O. The molecule has 2 heterocycles. The average molecular weight is 660 g/mol. The number of carbonyl (C=O) groups is 4. The quantitative estimate of drug-likeness (QED) is 0.294. The van der Waals surface area contributed by atoms with E-state index in [1.807, 2.05) is 0 Å². The van der Waals surface area contributed by atoms with Gasteiger partial charge in [-0.3, -0.25) is 9.59 Å². The molecule has 7 atom stereocenters. The number of aryl methyl sites for hydroxylation is 1. The van der Waals surface area contributed by atoms with Crippen molar-refractivity contribution in [3.05, 3.63) is 100.0 Å². The fraction of sp³-hybridized carbons (Fsp3) is 0.417. The number of phenols is 1. The maximum Gasteiger partial charge on any atom is 0.342 e. The van der Waals surface area contributed by atoms with E-state index in [1.165, 1.54) is 68.1 Å². The number of aromatic nitrogens is 1. The van der Waals surface area contributed by atoms with Crippen LogP contribution in [-0.2, 0) is 30.8 Å². The van der Waals surface area contributed by atoms with Crippen LogP contribution in [0.3, 0.4) is 0 Å². The van der Waals surface area contributed by atoms with Crippen LogP contribution in [0, 0.1) is 11.3 Å². The number of nitrogens with zero attached hydrogens (tertiary/aromatic N) is 1. The van der Waals surface area contributed by atoms with E-state index in [9.17, 15) is 34.2 Å². The number of benzene rings is 2. The summed E-state index contributed by atoms with van der Waals surface area (Å²) in [6.07, 6.45) is -3.42. The van der Waals surface area contributed by atoms with Gasteiger partial charge in [0.15, 0.2) is 11.7 Å². The number of rotatable bonds is 6. The van der Waals surface area contributed by atoms with Gasteiger partial charge in [0.05, 0.1) is 28.2 Å². The van der Waals surface area contributed by atoms with Gasteiger partial charge in [0.1, 0.15) is 34.7 Å². The summed E-state index contributed by atoms with van der Waals surface area (Å²) in [5.41, 5.74) is -7.53. The Bertz CT molecular complexity index is 1860. The van der Waals surface area contributed by atoms with Crippen LogP contribution in [0.15, 0.2) is 77.7 Å². The minimum Gasteiger partial charge on any atom is -0.507 e. The molecule has 48 heavy (non-hydrogen) atoms. The van der Waals surface area contributed by atoms with Gasteiger partial charge in [0, 0.05) is 25.7 Å². The Balaban J connectivity index is 1.56. The number of esters is 3. The van der Waals surface area contributed by atoms with E-state index in [4.69, 9.17) is 18.9 Å². The fourth-order valence-corrected chi connectivity index (χ4v) is 7.97. The third kappa shape index (κ3) is 4.84. The highest BCUT2D eigenvalue weighted by Gasteiger charge is 2.85. The minimum absolute atomic E-state index is 0.0126. The maximum absolute atomic E-state index is 14.4. The lowest BCUT2D eigenvalue weighted by atomic mass is 9.47. The first kappa shape index (κ1) is 33.1. The molecule has 2 saturated carbocycles. The molecule has 0 radical (unpaired) electrons. The third-order valence-electron chi connectivity index (χ3n) is 10.3. The van der Waals surface area contributed by atoms with Crippen molar-refractivity contribution < 1.29 is 48.3 Å². The number of hydrogen-bond donors (Lipinski definition) is 2. The number of ketones is 1. The highest BCUT2D eigenvalue weighted by Crippen LogP contribution is 2.67. The highest BCUT2D eigenvalue weighted by atomic mass is 16.6. The number of aliphatic hydroxyl groups is 1. The number of phenolic OH excluding ortho intramolecular Hbond substituents is 1. The molecule has 6 rings (SSSR count). The smallest absolute Gasteiger partial charge is 0.342 e. The molecular formula is C36H37NO11. The van der Waals surface area contributed by atoms with E-state index in [0.29, 0.717) is 0 Å².